The van der Waals surface area contributed by atoms with Crippen molar-refractivity contribution in [2.24, 2.45) is 0 Å². The van der Waals surface area contributed by atoms with E-state index in [9.17, 15) is 12.8 Å². The van der Waals surface area contributed by atoms with Crippen LogP contribution in [0.1, 0.15) is 25.5 Å². The molecule has 6 heteroatoms. The molecule has 1 rings (SSSR count). The Bertz CT molecular complexity index is 476. The van der Waals surface area contributed by atoms with Crippen molar-refractivity contribution >= 4 is 21.6 Å². The van der Waals surface area contributed by atoms with Crippen LogP contribution in [0.15, 0.2) is 18.2 Å². The molecule has 0 unspecified atom stereocenters. The predicted molar refractivity (Wildman–Crippen MR) is 62.4 cm³/mol. The first-order valence-electron chi connectivity index (χ1n) is 4.80. The highest BCUT2D eigenvalue weighted by Crippen LogP contribution is 2.24. The fraction of sp³-hybridized carbons (Fsp3) is 0.400. The summed E-state index contributed by atoms with van der Waals surface area (Å²) in [7, 11) is -3.30. The highest BCUT2D eigenvalue weighted by atomic mass is 35.5. The van der Waals surface area contributed by atoms with Crippen LogP contribution >= 0.6 is 11.6 Å². The highest BCUT2D eigenvalue weighted by molar-refractivity contribution is 7.89. The minimum atomic E-state index is -3.30. The molecule has 90 valence electrons. The molecule has 0 aliphatic heterocycles. The van der Waals surface area contributed by atoms with Gasteiger partial charge in [-0.2, -0.15) is 0 Å². The number of nitrogens with one attached hydrogen (secondary N) is 1. The summed E-state index contributed by atoms with van der Waals surface area (Å²) in [5.74, 6) is -0.449. The van der Waals surface area contributed by atoms with Crippen LogP contribution in [-0.4, -0.2) is 14.2 Å². The monoisotopic (exact) mass is 265 g/mol. The molecule has 1 N–H and O–H groups in total. The van der Waals surface area contributed by atoms with E-state index in [0.29, 0.717) is 5.56 Å². The summed E-state index contributed by atoms with van der Waals surface area (Å²) in [6.07, 6.45) is 0. The van der Waals surface area contributed by atoms with Gasteiger partial charge in [-0.25, -0.2) is 17.5 Å². The normalized spacial score (nSPS) is 13.8. The number of sulfonamides is 1. The third-order valence-corrected chi connectivity index (χ3v) is 3.97. The predicted octanol–water partition coefficient (Wildman–Crippen LogP) is 2.48. The zero-order valence-corrected chi connectivity index (χ0v) is 10.6. The molecule has 0 spiro atoms. The number of rotatable bonds is 4. The van der Waals surface area contributed by atoms with E-state index in [1.54, 1.807) is 13.8 Å². The second kappa shape index (κ2) is 5.12. The van der Waals surface area contributed by atoms with Crippen LogP contribution in [-0.2, 0) is 10.0 Å². The summed E-state index contributed by atoms with van der Waals surface area (Å²) in [6.45, 7) is 3.20. The van der Waals surface area contributed by atoms with Gasteiger partial charge in [-0.1, -0.05) is 17.7 Å². The molecule has 0 bridgehead atoms. The zero-order chi connectivity index (χ0) is 12.3. The fourth-order valence-electron chi connectivity index (χ4n) is 1.27. The van der Waals surface area contributed by atoms with E-state index in [2.05, 4.69) is 4.72 Å². The van der Waals surface area contributed by atoms with Crippen molar-refractivity contribution in [3.05, 3.63) is 34.6 Å². The molecule has 0 heterocycles. The molecule has 1 aromatic rings. The maximum Gasteiger partial charge on any atom is 0.211 e. The van der Waals surface area contributed by atoms with E-state index in [0.717, 1.165) is 6.07 Å². The van der Waals surface area contributed by atoms with Gasteiger partial charge in [0, 0.05) is 11.1 Å². The van der Waals surface area contributed by atoms with Crippen LogP contribution in [0.3, 0.4) is 0 Å². The number of hydrogen-bond donors (Lipinski definition) is 1. The van der Waals surface area contributed by atoms with Crippen molar-refractivity contribution in [2.75, 3.05) is 5.75 Å². The molecular weight excluding hydrogens is 253 g/mol. The van der Waals surface area contributed by atoms with Crippen LogP contribution in [0.4, 0.5) is 4.39 Å². The first kappa shape index (κ1) is 13.4. The van der Waals surface area contributed by atoms with Crippen molar-refractivity contribution < 1.29 is 12.8 Å². The first-order valence-corrected chi connectivity index (χ1v) is 6.83. The number of benzene rings is 1. The topological polar surface area (TPSA) is 46.2 Å². The number of halogens is 2. The smallest absolute Gasteiger partial charge is 0.211 e. The summed E-state index contributed by atoms with van der Waals surface area (Å²) in [5, 5.41) is 0.214. The standard InChI is InChI=1S/C10H13ClFNO2S/c1-3-16(14,15)13-7(2)9-5-4-8(12)6-10(9)11/h4-7,13H,3H2,1-2H3/t7-/m0/s1. The maximum atomic E-state index is 12.8. The molecule has 16 heavy (non-hydrogen) atoms. The van der Waals surface area contributed by atoms with Gasteiger partial charge >= 0.3 is 0 Å². The second-order valence-electron chi connectivity index (χ2n) is 3.41. The van der Waals surface area contributed by atoms with Crippen molar-refractivity contribution in [2.45, 2.75) is 19.9 Å². The minimum absolute atomic E-state index is 0.00382. The first-order chi connectivity index (χ1) is 7.35. The molecule has 0 saturated heterocycles. The maximum absolute atomic E-state index is 12.8. The van der Waals surface area contributed by atoms with Gasteiger partial charge in [0.15, 0.2) is 0 Å². The highest BCUT2D eigenvalue weighted by Gasteiger charge is 2.16. The van der Waals surface area contributed by atoms with Gasteiger partial charge in [-0.05, 0) is 31.5 Å². The molecule has 0 aliphatic carbocycles. The Morgan fingerprint density at radius 3 is 2.62 bits per heavy atom. The van der Waals surface area contributed by atoms with Gasteiger partial charge in [0.2, 0.25) is 10.0 Å². The van der Waals surface area contributed by atoms with E-state index in [1.807, 2.05) is 0 Å². The third-order valence-electron chi connectivity index (χ3n) is 2.17. The average Bonchev–Trinajstić information content (AvgIpc) is 2.16. The van der Waals surface area contributed by atoms with Crippen LogP contribution in [0, 0.1) is 5.82 Å². The lowest BCUT2D eigenvalue weighted by molar-refractivity contribution is 0.568. The summed E-state index contributed by atoms with van der Waals surface area (Å²) >= 11 is 5.82. The van der Waals surface area contributed by atoms with E-state index in [-0.39, 0.29) is 10.8 Å². The molecule has 0 saturated carbocycles. The lowest BCUT2D eigenvalue weighted by atomic mass is 10.1. The fourth-order valence-corrected chi connectivity index (χ4v) is 2.43. The Hall–Kier alpha value is -0.650. The summed E-state index contributed by atoms with van der Waals surface area (Å²) in [5.41, 5.74) is 0.556. The van der Waals surface area contributed by atoms with Crippen LogP contribution in [0.5, 0.6) is 0 Å². The van der Waals surface area contributed by atoms with Crippen LogP contribution in [0.25, 0.3) is 0 Å². The molecule has 0 fully saturated rings. The molecule has 0 aliphatic rings. The van der Waals surface area contributed by atoms with Gasteiger partial charge in [0.1, 0.15) is 5.82 Å². The summed E-state index contributed by atoms with van der Waals surface area (Å²) in [6, 6.07) is 3.41. The lowest BCUT2D eigenvalue weighted by Crippen LogP contribution is -2.28. The van der Waals surface area contributed by atoms with Gasteiger partial charge in [0.05, 0.1) is 5.75 Å². The zero-order valence-electron chi connectivity index (χ0n) is 9.00. The number of hydrogen-bond acceptors (Lipinski definition) is 2. The Kier molecular flexibility index (Phi) is 4.29. The van der Waals surface area contributed by atoms with E-state index < -0.39 is 21.9 Å². The third kappa shape index (κ3) is 3.43. The SMILES string of the molecule is CCS(=O)(=O)N[C@@H](C)c1ccc(F)cc1Cl. The molecule has 1 atom stereocenters. The van der Waals surface area contributed by atoms with Gasteiger partial charge < -0.3 is 0 Å². The van der Waals surface area contributed by atoms with E-state index >= 15 is 0 Å². The van der Waals surface area contributed by atoms with Crippen molar-refractivity contribution in [3.63, 3.8) is 0 Å². The Labute approximate surface area is 99.7 Å². The Morgan fingerprint density at radius 1 is 1.50 bits per heavy atom. The van der Waals surface area contributed by atoms with Crippen molar-refractivity contribution in [1.29, 1.82) is 0 Å². The molecule has 1 aromatic carbocycles. The van der Waals surface area contributed by atoms with Gasteiger partial charge in [0.25, 0.3) is 0 Å². The molecule has 3 nitrogen and oxygen atoms in total. The quantitative estimate of drug-likeness (QED) is 0.909. The van der Waals surface area contributed by atoms with Crippen LogP contribution in [0.2, 0.25) is 5.02 Å². The average molecular weight is 266 g/mol. The minimum Gasteiger partial charge on any atom is -0.212 e. The lowest BCUT2D eigenvalue weighted by Gasteiger charge is -2.15. The Morgan fingerprint density at radius 2 is 2.12 bits per heavy atom. The van der Waals surface area contributed by atoms with Crippen LogP contribution < -0.4 is 4.72 Å². The van der Waals surface area contributed by atoms with Gasteiger partial charge in [-0.15, -0.1) is 0 Å². The molecular formula is C10H13ClFNO2S. The molecule has 0 amide bonds. The molecule has 0 radical (unpaired) electrons. The van der Waals surface area contributed by atoms with E-state index in [4.69, 9.17) is 11.6 Å². The summed E-state index contributed by atoms with van der Waals surface area (Å²) in [4.78, 5) is 0. The largest absolute Gasteiger partial charge is 0.212 e. The Balaban J connectivity index is 2.93. The second-order valence-corrected chi connectivity index (χ2v) is 5.86. The van der Waals surface area contributed by atoms with Crippen molar-refractivity contribution in [1.82, 2.24) is 4.72 Å². The van der Waals surface area contributed by atoms with E-state index in [1.165, 1.54) is 12.1 Å². The van der Waals surface area contributed by atoms with Gasteiger partial charge in [-0.3, -0.25) is 0 Å². The molecule has 0 aromatic heterocycles. The van der Waals surface area contributed by atoms with Crippen molar-refractivity contribution in [3.8, 4) is 0 Å². The summed E-state index contributed by atoms with van der Waals surface area (Å²) < 4.78 is 37.9.